The molecule has 138 valence electrons. The number of thiophene rings is 2. The third-order valence-corrected chi connectivity index (χ3v) is 6.68. The zero-order valence-corrected chi connectivity index (χ0v) is 17.3. The van der Waals surface area contributed by atoms with Gasteiger partial charge in [-0.2, -0.15) is 0 Å². The number of fused-ring (bicyclic) bond motifs is 1. The Bertz CT molecular complexity index is 1120. The lowest BCUT2D eigenvalue weighted by molar-refractivity contribution is -0.729. The Morgan fingerprint density at radius 1 is 1.11 bits per heavy atom. The molecule has 0 spiro atoms. The van der Waals surface area contributed by atoms with Crippen LogP contribution in [0.25, 0.3) is 20.7 Å². The number of aromatic amines is 1. The largest absolute Gasteiger partial charge is 0.332 e. The molecule has 0 radical (unpaired) electrons. The lowest BCUT2D eigenvalue weighted by Gasteiger charge is -2.16. The summed E-state index contributed by atoms with van der Waals surface area (Å²) >= 11 is 9.13. The fourth-order valence-corrected chi connectivity index (χ4v) is 5.09. The van der Waals surface area contributed by atoms with Crippen molar-refractivity contribution in [1.29, 1.82) is 0 Å². The van der Waals surface area contributed by atoms with Crippen LogP contribution in [0.3, 0.4) is 0 Å². The van der Waals surface area contributed by atoms with Gasteiger partial charge in [0.1, 0.15) is 16.9 Å². The Hall–Kier alpha value is -1.99. The number of halogens is 1. The highest BCUT2D eigenvalue weighted by atomic mass is 35.5. The van der Waals surface area contributed by atoms with Crippen molar-refractivity contribution in [2.75, 3.05) is 0 Å². The minimum absolute atomic E-state index is 0.0278. The molecule has 3 heterocycles. The average molecular weight is 417 g/mol. The van der Waals surface area contributed by atoms with E-state index in [1.807, 2.05) is 47.2 Å². The maximum Gasteiger partial charge on any atom is 0.260 e. The highest BCUT2D eigenvalue weighted by Gasteiger charge is 2.20. The fraction of sp³-hybridized carbons (Fsp3) is 0.200. The molecule has 0 aliphatic rings. The van der Waals surface area contributed by atoms with Crippen molar-refractivity contribution >= 4 is 44.5 Å². The van der Waals surface area contributed by atoms with Crippen molar-refractivity contribution in [2.45, 2.75) is 25.9 Å². The number of H-pyrrole nitrogens is 1. The molecule has 0 fully saturated rings. The molecule has 0 amide bonds. The molecule has 4 aromatic rings. The van der Waals surface area contributed by atoms with Gasteiger partial charge in [-0.25, -0.2) is 4.98 Å². The summed E-state index contributed by atoms with van der Waals surface area (Å²) in [4.78, 5) is 22.4. The lowest BCUT2D eigenvalue weighted by Crippen LogP contribution is -2.85. The Labute approximate surface area is 169 Å². The topological polar surface area (TPSA) is 62.4 Å². The van der Waals surface area contributed by atoms with Gasteiger partial charge in [-0.05, 0) is 37.4 Å². The first-order chi connectivity index (χ1) is 13.0. The van der Waals surface area contributed by atoms with E-state index in [4.69, 9.17) is 16.6 Å². The molecule has 1 aromatic carbocycles. The first kappa shape index (κ1) is 18.4. The molecule has 0 aliphatic carbocycles. The first-order valence-corrected chi connectivity index (χ1v) is 10.8. The van der Waals surface area contributed by atoms with Gasteiger partial charge in [-0.3, -0.25) is 4.79 Å². The van der Waals surface area contributed by atoms with Gasteiger partial charge >= 0.3 is 0 Å². The zero-order valence-electron chi connectivity index (χ0n) is 14.9. The first-order valence-electron chi connectivity index (χ1n) is 8.68. The predicted octanol–water partition coefficient (Wildman–Crippen LogP) is 4.75. The summed E-state index contributed by atoms with van der Waals surface area (Å²) in [7, 11) is 0. The van der Waals surface area contributed by atoms with Gasteiger partial charge in [0.2, 0.25) is 0 Å². The predicted molar refractivity (Wildman–Crippen MR) is 114 cm³/mol. The van der Waals surface area contributed by atoms with Gasteiger partial charge in [-0.1, -0.05) is 29.8 Å². The smallest absolute Gasteiger partial charge is 0.260 e. The molecule has 3 aromatic heterocycles. The van der Waals surface area contributed by atoms with Crippen molar-refractivity contribution in [1.82, 2.24) is 9.97 Å². The van der Waals surface area contributed by atoms with Crippen LogP contribution in [0.5, 0.6) is 0 Å². The number of nitrogens with zero attached hydrogens (tertiary/aromatic N) is 1. The molecule has 2 atom stereocenters. The minimum Gasteiger partial charge on any atom is -0.332 e. The molecule has 0 unspecified atom stereocenters. The van der Waals surface area contributed by atoms with Gasteiger partial charge in [-0.15, -0.1) is 22.7 Å². The summed E-state index contributed by atoms with van der Waals surface area (Å²) in [5, 5.41) is 7.65. The van der Waals surface area contributed by atoms with Crippen LogP contribution >= 0.6 is 34.3 Å². The Morgan fingerprint density at radius 3 is 2.59 bits per heavy atom. The molecular weight excluding hydrogens is 398 g/mol. The highest BCUT2D eigenvalue weighted by molar-refractivity contribution is 7.18. The number of hydrogen-bond donors (Lipinski definition) is 2. The Kier molecular flexibility index (Phi) is 5.14. The van der Waals surface area contributed by atoms with E-state index in [1.54, 1.807) is 11.3 Å². The number of rotatable bonds is 5. The second kappa shape index (κ2) is 7.56. The second-order valence-corrected chi connectivity index (χ2v) is 8.82. The number of aromatic nitrogens is 2. The normalized spacial score (nSPS) is 13.7. The van der Waals surface area contributed by atoms with E-state index in [2.05, 4.69) is 24.1 Å². The highest BCUT2D eigenvalue weighted by Crippen LogP contribution is 2.33. The number of hydrogen-bond acceptors (Lipinski definition) is 4. The van der Waals surface area contributed by atoms with Crippen LogP contribution in [-0.4, -0.2) is 9.97 Å². The quantitative estimate of drug-likeness (QED) is 0.493. The zero-order chi connectivity index (χ0) is 19.0. The van der Waals surface area contributed by atoms with Crippen molar-refractivity contribution < 1.29 is 5.32 Å². The van der Waals surface area contributed by atoms with E-state index < -0.39 is 0 Å². The lowest BCUT2D eigenvalue weighted by atomic mass is 10.1. The van der Waals surface area contributed by atoms with Crippen molar-refractivity contribution in [3.63, 3.8) is 0 Å². The van der Waals surface area contributed by atoms with Gasteiger partial charge in [0.15, 0.2) is 5.82 Å². The number of benzene rings is 1. The average Bonchev–Trinajstić information content (AvgIpc) is 3.31. The molecular formula is C20H19ClN3OS2+. The standard InChI is InChI=1S/C20H18ClN3OS2/c1-11(13-5-7-14(21)8-6-13)22-12(2)18-23-19(25)17-15(10-27-20(17)24-18)16-4-3-9-26-16/h3-12,22H,1-2H3,(H,23,24,25)/p+1/t11-,12+/m1/s1. The molecule has 3 N–H and O–H groups in total. The third kappa shape index (κ3) is 3.71. The van der Waals surface area contributed by atoms with Crippen LogP contribution in [-0.2, 0) is 0 Å². The number of quaternary nitrogens is 1. The van der Waals surface area contributed by atoms with Gasteiger partial charge in [0, 0.05) is 26.4 Å². The van der Waals surface area contributed by atoms with E-state index in [0.717, 1.165) is 20.3 Å². The van der Waals surface area contributed by atoms with E-state index in [0.29, 0.717) is 11.2 Å². The van der Waals surface area contributed by atoms with Gasteiger partial charge < -0.3 is 10.3 Å². The van der Waals surface area contributed by atoms with Crippen LogP contribution in [0, 0.1) is 0 Å². The van der Waals surface area contributed by atoms with Crippen LogP contribution in [0.4, 0.5) is 0 Å². The molecule has 0 saturated heterocycles. The summed E-state index contributed by atoms with van der Waals surface area (Å²) in [6.45, 7) is 4.20. The summed E-state index contributed by atoms with van der Waals surface area (Å²) in [6, 6.07) is 12.1. The Balaban J connectivity index is 1.62. The number of nitrogens with two attached hydrogens (primary N) is 1. The van der Waals surface area contributed by atoms with Crippen LogP contribution < -0.4 is 10.9 Å². The summed E-state index contributed by atoms with van der Waals surface area (Å²) < 4.78 is 0. The third-order valence-electron chi connectivity index (χ3n) is 4.65. The van der Waals surface area contributed by atoms with E-state index in [9.17, 15) is 4.79 Å². The Morgan fingerprint density at radius 2 is 1.89 bits per heavy atom. The maximum atomic E-state index is 12.8. The van der Waals surface area contributed by atoms with E-state index in [-0.39, 0.29) is 17.6 Å². The monoisotopic (exact) mass is 416 g/mol. The molecule has 0 bridgehead atoms. The summed E-state index contributed by atoms with van der Waals surface area (Å²) in [6.07, 6.45) is 0. The molecule has 0 aliphatic heterocycles. The van der Waals surface area contributed by atoms with Crippen molar-refractivity contribution in [3.05, 3.63) is 73.9 Å². The molecule has 4 nitrogen and oxygen atoms in total. The van der Waals surface area contributed by atoms with E-state index in [1.165, 1.54) is 16.9 Å². The second-order valence-electron chi connectivity index (χ2n) is 6.58. The van der Waals surface area contributed by atoms with Crippen LogP contribution in [0.2, 0.25) is 5.02 Å². The minimum atomic E-state index is -0.0703. The maximum absolute atomic E-state index is 12.8. The summed E-state index contributed by atoms with van der Waals surface area (Å²) in [5.74, 6) is 0.702. The van der Waals surface area contributed by atoms with Crippen molar-refractivity contribution in [2.24, 2.45) is 0 Å². The van der Waals surface area contributed by atoms with Gasteiger partial charge in [0.25, 0.3) is 5.56 Å². The molecule has 0 saturated carbocycles. The van der Waals surface area contributed by atoms with Crippen molar-refractivity contribution in [3.8, 4) is 10.4 Å². The van der Waals surface area contributed by atoms with E-state index >= 15 is 0 Å². The molecule has 7 heteroatoms. The molecule has 27 heavy (non-hydrogen) atoms. The van der Waals surface area contributed by atoms with Crippen LogP contribution in [0.15, 0.2) is 52.0 Å². The fourth-order valence-electron chi connectivity index (χ4n) is 3.20. The SMILES string of the molecule is C[C@H]([NH2+][C@H](C)c1ccc(Cl)cc1)c1nc2scc(-c3cccs3)c2c(=O)[nH]1. The number of nitrogens with one attached hydrogen (secondary N) is 1. The van der Waals surface area contributed by atoms with Gasteiger partial charge in [0.05, 0.1) is 5.39 Å². The van der Waals surface area contributed by atoms with Crippen LogP contribution in [0.1, 0.15) is 37.3 Å². The molecule has 4 rings (SSSR count). The summed E-state index contributed by atoms with van der Waals surface area (Å²) in [5.41, 5.74) is 2.08.